The predicted molar refractivity (Wildman–Crippen MR) is 67.2 cm³/mol. The first kappa shape index (κ1) is 10.3. The molecule has 2 aliphatic rings. The molecular weight excluding hydrogens is 194 g/mol. The summed E-state index contributed by atoms with van der Waals surface area (Å²) in [5.74, 6) is 0. The Kier molecular flexibility index (Phi) is 2.32. The van der Waals surface area contributed by atoms with Gasteiger partial charge in [0.1, 0.15) is 0 Å². The fourth-order valence-corrected chi connectivity index (χ4v) is 3.81. The van der Waals surface area contributed by atoms with E-state index in [9.17, 15) is 0 Å². The highest BCUT2D eigenvalue weighted by molar-refractivity contribution is 5.18. The molecule has 0 N–H and O–H groups in total. The second-order valence-corrected chi connectivity index (χ2v) is 5.75. The first-order valence-corrected chi connectivity index (χ1v) is 6.51. The van der Waals surface area contributed by atoms with Crippen molar-refractivity contribution in [1.29, 1.82) is 0 Å². The van der Waals surface area contributed by atoms with E-state index in [1.54, 1.807) is 0 Å². The lowest BCUT2D eigenvalue weighted by atomic mass is 9.68. The van der Waals surface area contributed by atoms with Crippen molar-refractivity contribution in [3.8, 4) is 0 Å². The van der Waals surface area contributed by atoms with E-state index in [-0.39, 0.29) is 0 Å². The quantitative estimate of drug-likeness (QED) is 0.730. The Balaban J connectivity index is 1.74. The van der Waals surface area contributed by atoms with Crippen molar-refractivity contribution < 1.29 is 0 Å². The number of fused-ring (bicyclic) bond motifs is 1. The molecule has 2 fully saturated rings. The van der Waals surface area contributed by atoms with Gasteiger partial charge in [-0.15, -0.1) is 0 Å². The molecule has 1 heteroatoms. The summed E-state index contributed by atoms with van der Waals surface area (Å²) in [6.07, 6.45) is 4.27. The van der Waals surface area contributed by atoms with Crippen LogP contribution in [0.3, 0.4) is 0 Å². The molecule has 86 valence electrons. The molecule has 1 aliphatic carbocycles. The van der Waals surface area contributed by atoms with E-state index in [0.717, 1.165) is 18.6 Å². The van der Waals surface area contributed by atoms with Crippen molar-refractivity contribution in [3.05, 3.63) is 35.9 Å². The number of benzene rings is 1. The molecule has 3 unspecified atom stereocenters. The summed E-state index contributed by atoms with van der Waals surface area (Å²) < 4.78 is 0. The number of nitrogens with zero attached hydrogens (tertiary/aromatic N) is 1. The Morgan fingerprint density at radius 3 is 2.81 bits per heavy atom. The Morgan fingerprint density at radius 1 is 1.31 bits per heavy atom. The molecule has 0 radical (unpaired) electrons. The third-order valence-electron chi connectivity index (χ3n) is 5.01. The molecule has 1 nitrogen and oxygen atoms in total. The van der Waals surface area contributed by atoms with Crippen molar-refractivity contribution in [2.45, 2.75) is 51.7 Å². The summed E-state index contributed by atoms with van der Waals surface area (Å²) in [4.78, 5) is 2.70. The third kappa shape index (κ3) is 1.34. The molecule has 1 aromatic carbocycles. The summed E-state index contributed by atoms with van der Waals surface area (Å²) in [6, 6.07) is 12.5. The van der Waals surface area contributed by atoms with Crippen LogP contribution in [0.25, 0.3) is 0 Å². The van der Waals surface area contributed by atoms with Gasteiger partial charge in [-0.2, -0.15) is 0 Å². The molecular formula is C15H21N. The van der Waals surface area contributed by atoms with Gasteiger partial charge in [-0.25, -0.2) is 0 Å². The van der Waals surface area contributed by atoms with Gasteiger partial charge in [0.25, 0.3) is 0 Å². The van der Waals surface area contributed by atoms with Gasteiger partial charge >= 0.3 is 0 Å². The third-order valence-corrected chi connectivity index (χ3v) is 5.01. The molecule has 3 rings (SSSR count). The Labute approximate surface area is 98.5 Å². The first-order valence-electron chi connectivity index (χ1n) is 6.51. The maximum Gasteiger partial charge on any atom is 0.0239 e. The zero-order valence-corrected chi connectivity index (χ0v) is 10.3. The smallest absolute Gasteiger partial charge is 0.0239 e. The summed E-state index contributed by atoms with van der Waals surface area (Å²) in [6.45, 7) is 6.03. The highest BCUT2D eigenvalue weighted by Gasteiger charge is 2.56. The van der Waals surface area contributed by atoms with Crippen molar-refractivity contribution in [1.82, 2.24) is 4.90 Å². The van der Waals surface area contributed by atoms with Crippen LogP contribution in [0.4, 0.5) is 0 Å². The van der Waals surface area contributed by atoms with Gasteiger partial charge in [0.15, 0.2) is 0 Å². The minimum atomic E-state index is 0.620. The van der Waals surface area contributed by atoms with Crippen LogP contribution in [0.15, 0.2) is 30.3 Å². The van der Waals surface area contributed by atoms with E-state index < -0.39 is 0 Å². The highest BCUT2D eigenvalue weighted by atomic mass is 15.3. The normalized spacial score (nSPS) is 38.1. The SMILES string of the molecule is CC1N(Cc2ccccc2)C2CCCC12C. The van der Waals surface area contributed by atoms with E-state index in [1.807, 2.05) is 0 Å². The molecule has 0 aromatic heterocycles. The van der Waals surface area contributed by atoms with Crippen molar-refractivity contribution in [2.75, 3.05) is 0 Å². The molecule has 1 heterocycles. The van der Waals surface area contributed by atoms with Gasteiger partial charge in [-0.1, -0.05) is 43.7 Å². The molecule has 1 saturated carbocycles. The maximum absolute atomic E-state index is 2.70. The van der Waals surface area contributed by atoms with Crippen LogP contribution in [-0.4, -0.2) is 17.0 Å². The zero-order valence-electron chi connectivity index (χ0n) is 10.3. The topological polar surface area (TPSA) is 3.24 Å². The van der Waals surface area contributed by atoms with Crippen LogP contribution >= 0.6 is 0 Å². The van der Waals surface area contributed by atoms with E-state index in [4.69, 9.17) is 0 Å². The van der Waals surface area contributed by atoms with Gasteiger partial charge < -0.3 is 0 Å². The fraction of sp³-hybridized carbons (Fsp3) is 0.600. The number of hydrogen-bond acceptors (Lipinski definition) is 1. The van der Waals surface area contributed by atoms with Crippen molar-refractivity contribution in [3.63, 3.8) is 0 Å². The molecule has 0 bridgehead atoms. The lowest BCUT2D eigenvalue weighted by molar-refractivity contribution is -0.105. The van der Waals surface area contributed by atoms with Crippen molar-refractivity contribution >= 4 is 0 Å². The van der Waals surface area contributed by atoms with E-state index in [2.05, 4.69) is 49.1 Å². The number of likely N-dealkylation sites (tertiary alicyclic amines) is 1. The molecule has 1 aliphatic heterocycles. The largest absolute Gasteiger partial charge is 0.292 e. The van der Waals surface area contributed by atoms with Crippen LogP contribution in [0, 0.1) is 5.41 Å². The standard InChI is InChI=1S/C15H21N/c1-12-15(2)10-6-9-14(15)16(12)11-13-7-4-3-5-8-13/h3-5,7-8,12,14H,6,9-11H2,1-2H3. The first-order chi connectivity index (χ1) is 7.72. The van der Waals surface area contributed by atoms with Gasteiger partial charge in [-0.05, 0) is 30.7 Å². The van der Waals surface area contributed by atoms with Crippen LogP contribution in [0.5, 0.6) is 0 Å². The minimum absolute atomic E-state index is 0.620. The number of rotatable bonds is 2. The van der Waals surface area contributed by atoms with E-state index >= 15 is 0 Å². The molecule has 3 atom stereocenters. The second-order valence-electron chi connectivity index (χ2n) is 5.75. The second kappa shape index (κ2) is 3.59. The molecule has 1 aromatic rings. The lowest BCUT2D eigenvalue weighted by Crippen LogP contribution is -2.66. The Hall–Kier alpha value is -0.820. The molecule has 0 spiro atoms. The lowest BCUT2D eigenvalue weighted by Gasteiger charge is -2.59. The van der Waals surface area contributed by atoms with Crippen LogP contribution in [-0.2, 0) is 6.54 Å². The van der Waals surface area contributed by atoms with Crippen molar-refractivity contribution in [2.24, 2.45) is 5.41 Å². The minimum Gasteiger partial charge on any atom is -0.292 e. The molecule has 1 saturated heterocycles. The average Bonchev–Trinajstić information content (AvgIpc) is 2.67. The van der Waals surface area contributed by atoms with E-state index in [1.165, 1.54) is 24.8 Å². The summed E-state index contributed by atoms with van der Waals surface area (Å²) in [5.41, 5.74) is 2.08. The van der Waals surface area contributed by atoms with Gasteiger partial charge in [-0.3, -0.25) is 4.90 Å². The Bertz CT molecular complexity index is 372. The summed E-state index contributed by atoms with van der Waals surface area (Å²) >= 11 is 0. The van der Waals surface area contributed by atoms with Crippen LogP contribution in [0.2, 0.25) is 0 Å². The number of hydrogen-bond donors (Lipinski definition) is 0. The van der Waals surface area contributed by atoms with Gasteiger partial charge in [0, 0.05) is 18.6 Å². The van der Waals surface area contributed by atoms with E-state index in [0.29, 0.717) is 5.41 Å². The fourth-order valence-electron chi connectivity index (χ4n) is 3.81. The highest BCUT2D eigenvalue weighted by Crippen LogP contribution is 2.54. The van der Waals surface area contributed by atoms with Crippen LogP contribution in [0.1, 0.15) is 38.7 Å². The maximum atomic E-state index is 2.70. The zero-order chi connectivity index (χ0) is 11.2. The summed E-state index contributed by atoms with van der Waals surface area (Å²) in [5, 5.41) is 0. The van der Waals surface area contributed by atoms with Gasteiger partial charge in [0.2, 0.25) is 0 Å². The molecule has 16 heavy (non-hydrogen) atoms. The predicted octanol–water partition coefficient (Wildman–Crippen LogP) is 3.45. The van der Waals surface area contributed by atoms with Gasteiger partial charge in [0.05, 0.1) is 0 Å². The average molecular weight is 215 g/mol. The monoisotopic (exact) mass is 215 g/mol. The van der Waals surface area contributed by atoms with Crippen LogP contribution < -0.4 is 0 Å². The summed E-state index contributed by atoms with van der Waals surface area (Å²) in [7, 11) is 0. The molecule has 0 amide bonds. The Morgan fingerprint density at radius 2 is 2.06 bits per heavy atom.